The van der Waals surface area contributed by atoms with Crippen LogP contribution in [0.4, 0.5) is 4.39 Å². The number of aromatic nitrogens is 2. The molecule has 0 aromatic carbocycles. The van der Waals surface area contributed by atoms with Crippen molar-refractivity contribution in [2.24, 2.45) is 0 Å². The first-order chi connectivity index (χ1) is 4.84. The molecule has 0 atom stereocenters. The maximum absolute atomic E-state index is 12.7. The average molecular weight is 140 g/mol. The molecule has 0 aliphatic rings. The van der Waals surface area contributed by atoms with Crippen LogP contribution in [-0.2, 0) is 6.42 Å². The van der Waals surface area contributed by atoms with Crippen molar-refractivity contribution in [1.29, 1.82) is 0 Å². The van der Waals surface area contributed by atoms with Crippen LogP contribution >= 0.6 is 0 Å². The Hall–Kier alpha value is -0.990. The van der Waals surface area contributed by atoms with E-state index in [-0.39, 0.29) is 5.82 Å². The zero-order chi connectivity index (χ0) is 7.40. The lowest BCUT2D eigenvalue weighted by Crippen LogP contribution is -1.95. The van der Waals surface area contributed by atoms with Crippen molar-refractivity contribution >= 4 is 0 Å². The van der Waals surface area contributed by atoms with E-state index >= 15 is 0 Å². The monoisotopic (exact) mass is 140 g/mol. The minimum atomic E-state index is -0.253. The highest BCUT2D eigenvalue weighted by atomic mass is 19.1. The molecule has 0 bridgehead atoms. The van der Waals surface area contributed by atoms with E-state index in [4.69, 9.17) is 0 Å². The molecule has 1 aromatic rings. The van der Waals surface area contributed by atoms with Gasteiger partial charge >= 0.3 is 0 Å². The van der Waals surface area contributed by atoms with Gasteiger partial charge in [-0.2, -0.15) is 10.2 Å². The number of aryl methyl sites for hydroxylation is 1. The highest BCUT2D eigenvalue weighted by Gasteiger charge is 1.99. The summed E-state index contributed by atoms with van der Waals surface area (Å²) < 4.78 is 12.7. The zero-order valence-corrected chi connectivity index (χ0v) is 5.84. The second-order valence-corrected chi connectivity index (χ2v) is 2.08. The van der Waals surface area contributed by atoms with Gasteiger partial charge in [0.1, 0.15) is 5.82 Å². The molecule has 3 heteroatoms. The van der Waals surface area contributed by atoms with Crippen molar-refractivity contribution in [2.45, 2.75) is 19.8 Å². The molecule has 2 nitrogen and oxygen atoms in total. The highest BCUT2D eigenvalue weighted by molar-refractivity contribution is 5.02. The molecule has 0 unspecified atom stereocenters. The quantitative estimate of drug-likeness (QED) is 0.623. The van der Waals surface area contributed by atoms with E-state index in [9.17, 15) is 4.39 Å². The smallest absolute Gasteiger partial charge is 0.148 e. The van der Waals surface area contributed by atoms with Crippen LogP contribution in [0.15, 0.2) is 12.3 Å². The lowest BCUT2D eigenvalue weighted by atomic mass is 10.2. The molecule has 1 heterocycles. The van der Waals surface area contributed by atoms with Gasteiger partial charge in [0.05, 0.1) is 11.9 Å². The van der Waals surface area contributed by atoms with E-state index in [1.165, 1.54) is 12.3 Å². The summed E-state index contributed by atoms with van der Waals surface area (Å²) in [5, 5.41) is 7.22. The Morgan fingerprint density at radius 1 is 1.60 bits per heavy atom. The third kappa shape index (κ3) is 1.50. The number of hydrogen-bond donors (Lipinski definition) is 0. The van der Waals surface area contributed by atoms with Gasteiger partial charge in [0, 0.05) is 0 Å². The van der Waals surface area contributed by atoms with Gasteiger partial charge in [0.2, 0.25) is 0 Å². The van der Waals surface area contributed by atoms with Gasteiger partial charge in [-0.1, -0.05) is 13.3 Å². The Morgan fingerprint density at radius 3 is 3.00 bits per heavy atom. The number of nitrogens with zero attached hydrogens (tertiary/aromatic N) is 2. The van der Waals surface area contributed by atoms with Crippen molar-refractivity contribution in [2.75, 3.05) is 0 Å². The summed E-state index contributed by atoms with van der Waals surface area (Å²) in [6.45, 7) is 1.98. The van der Waals surface area contributed by atoms with Crippen LogP contribution in [0, 0.1) is 5.82 Å². The standard InChI is InChI=1S/C7H9FN2/c1-2-3-7-6(8)4-5-9-10-7/h4-5H,2-3H2,1H3. The Morgan fingerprint density at radius 2 is 2.40 bits per heavy atom. The van der Waals surface area contributed by atoms with Gasteiger partial charge in [0.15, 0.2) is 0 Å². The van der Waals surface area contributed by atoms with Gasteiger partial charge < -0.3 is 0 Å². The van der Waals surface area contributed by atoms with Gasteiger partial charge in [-0.3, -0.25) is 0 Å². The lowest BCUT2D eigenvalue weighted by molar-refractivity contribution is 0.586. The minimum absolute atomic E-state index is 0.253. The molecule has 0 saturated heterocycles. The average Bonchev–Trinajstić information content (AvgIpc) is 1.94. The molecule has 0 aliphatic heterocycles. The first kappa shape index (κ1) is 7.12. The second-order valence-electron chi connectivity index (χ2n) is 2.08. The summed E-state index contributed by atoms with van der Waals surface area (Å²) in [5.74, 6) is -0.253. The topological polar surface area (TPSA) is 25.8 Å². The van der Waals surface area contributed by atoms with Gasteiger partial charge in [-0.15, -0.1) is 0 Å². The van der Waals surface area contributed by atoms with Gasteiger partial charge in [0.25, 0.3) is 0 Å². The molecular formula is C7H9FN2. The molecule has 1 aromatic heterocycles. The molecule has 0 radical (unpaired) electrons. The summed E-state index contributed by atoms with van der Waals surface area (Å²) in [5.41, 5.74) is 0.463. The third-order valence-electron chi connectivity index (χ3n) is 1.23. The van der Waals surface area contributed by atoms with Crippen LogP contribution in [-0.4, -0.2) is 10.2 Å². The number of halogens is 1. The normalized spacial score (nSPS) is 9.80. The van der Waals surface area contributed by atoms with E-state index in [1.807, 2.05) is 6.92 Å². The van der Waals surface area contributed by atoms with Crippen molar-refractivity contribution < 1.29 is 4.39 Å². The molecule has 1 rings (SSSR count). The fraction of sp³-hybridized carbons (Fsp3) is 0.429. The molecule has 0 fully saturated rings. The van der Waals surface area contributed by atoms with Crippen molar-refractivity contribution in [3.63, 3.8) is 0 Å². The van der Waals surface area contributed by atoms with E-state index in [0.29, 0.717) is 12.1 Å². The summed E-state index contributed by atoms with van der Waals surface area (Å²) >= 11 is 0. The van der Waals surface area contributed by atoms with E-state index in [0.717, 1.165) is 6.42 Å². The first-order valence-corrected chi connectivity index (χ1v) is 3.30. The van der Waals surface area contributed by atoms with Crippen molar-refractivity contribution in [3.8, 4) is 0 Å². The number of hydrogen-bond acceptors (Lipinski definition) is 2. The Bertz CT molecular complexity index is 213. The molecule has 0 aliphatic carbocycles. The molecule has 0 amide bonds. The first-order valence-electron chi connectivity index (χ1n) is 3.30. The Kier molecular flexibility index (Phi) is 2.31. The van der Waals surface area contributed by atoms with E-state index < -0.39 is 0 Å². The number of rotatable bonds is 2. The molecule has 0 spiro atoms. The van der Waals surface area contributed by atoms with Crippen molar-refractivity contribution in [1.82, 2.24) is 10.2 Å². The van der Waals surface area contributed by atoms with Crippen LogP contribution in [0.2, 0.25) is 0 Å². The van der Waals surface area contributed by atoms with Crippen LogP contribution in [0.1, 0.15) is 19.0 Å². The molecule has 10 heavy (non-hydrogen) atoms. The van der Waals surface area contributed by atoms with Gasteiger partial charge in [-0.05, 0) is 12.5 Å². The molecular weight excluding hydrogens is 131 g/mol. The molecule has 0 saturated carbocycles. The Balaban J connectivity index is 2.81. The summed E-state index contributed by atoms with van der Waals surface area (Å²) in [6, 6.07) is 1.33. The van der Waals surface area contributed by atoms with Crippen LogP contribution in [0.25, 0.3) is 0 Å². The van der Waals surface area contributed by atoms with Crippen LogP contribution < -0.4 is 0 Å². The zero-order valence-electron chi connectivity index (χ0n) is 5.84. The summed E-state index contributed by atoms with van der Waals surface area (Å²) in [7, 11) is 0. The van der Waals surface area contributed by atoms with Crippen molar-refractivity contribution in [3.05, 3.63) is 23.8 Å². The van der Waals surface area contributed by atoms with E-state index in [1.54, 1.807) is 0 Å². The second kappa shape index (κ2) is 3.25. The predicted octanol–water partition coefficient (Wildman–Crippen LogP) is 1.57. The lowest BCUT2D eigenvalue weighted by Gasteiger charge is -1.95. The predicted molar refractivity (Wildman–Crippen MR) is 36.0 cm³/mol. The summed E-state index contributed by atoms with van der Waals surface area (Å²) in [6.07, 6.45) is 2.92. The molecule has 54 valence electrons. The fourth-order valence-corrected chi connectivity index (χ4v) is 0.752. The SMILES string of the molecule is CCCc1nnccc1F. The Labute approximate surface area is 59.1 Å². The maximum atomic E-state index is 12.7. The largest absolute Gasteiger partial charge is 0.205 e. The summed E-state index contributed by atoms with van der Waals surface area (Å²) in [4.78, 5) is 0. The van der Waals surface area contributed by atoms with Crippen LogP contribution in [0.3, 0.4) is 0 Å². The molecule has 0 N–H and O–H groups in total. The maximum Gasteiger partial charge on any atom is 0.148 e. The highest BCUT2D eigenvalue weighted by Crippen LogP contribution is 2.02. The minimum Gasteiger partial charge on any atom is -0.205 e. The van der Waals surface area contributed by atoms with Crippen LogP contribution in [0.5, 0.6) is 0 Å². The van der Waals surface area contributed by atoms with Gasteiger partial charge in [-0.25, -0.2) is 4.39 Å². The fourth-order valence-electron chi connectivity index (χ4n) is 0.752. The van der Waals surface area contributed by atoms with E-state index in [2.05, 4.69) is 10.2 Å². The third-order valence-corrected chi connectivity index (χ3v) is 1.23.